The average Bonchev–Trinajstić information content (AvgIpc) is 2.33. The molecule has 0 saturated heterocycles. The van der Waals surface area contributed by atoms with E-state index in [0.717, 1.165) is 19.3 Å². The number of benzene rings is 1. The van der Waals surface area contributed by atoms with Crippen LogP contribution in [0.5, 0.6) is 5.75 Å². The van der Waals surface area contributed by atoms with E-state index in [1.165, 1.54) is 12.1 Å². The van der Waals surface area contributed by atoms with Crippen LogP contribution in [0.1, 0.15) is 29.6 Å². The standard InChI is InChI=1S/C13H13FO2/c14-12-8-10(9-15)6-7-13(12)16-11-4-2-1-3-5-11/h2,4,6-9,11H,1,3,5H2. The van der Waals surface area contributed by atoms with Crippen molar-refractivity contribution in [1.82, 2.24) is 0 Å². The molecule has 1 aromatic rings. The molecule has 0 heterocycles. The van der Waals surface area contributed by atoms with Crippen LogP contribution in [0.15, 0.2) is 30.4 Å². The van der Waals surface area contributed by atoms with Gasteiger partial charge >= 0.3 is 0 Å². The van der Waals surface area contributed by atoms with Gasteiger partial charge in [-0.3, -0.25) is 4.79 Å². The van der Waals surface area contributed by atoms with Gasteiger partial charge in [0.05, 0.1) is 0 Å². The van der Waals surface area contributed by atoms with E-state index in [2.05, 4.69) is 0 Å². The van der Waals surface area contributed by atoms with Crippen molar-refractivity contribution in [2.75, 3.05) is 0 Å². The number of halogens is 1. The molecule has 0 aliphatic heterocycles. The molecule has 0 aromatic heterocycles. The van der Waals surface area contributed by atoms with E-state index >= 15 is 0 Å². The van der Waals surface area contributed by atoms with Crippen molar-refractivity contribution in [2.45, 2.75) is 25.4 Å². The Hall–Kier alpha value is -1.64. The molecule has 1 aromatic carbocycles. The molecule has 3 heteroatoms. The van der Waals surface area contributed by atoms with Crippen LogP contribution < -0.4 is 4.74 Å². The second kappa shape index (κ2) is 4.92. The highest BCUT2D eigenvalue weighted by Crippen LogP contribution is 2.22. The van der Waals surface area contributed by atoms with Crippen molar-refractivity contribution in [2.24, 2.45) is 0 Å². The van der Waals surface area contributed by atoms with Gasteiger partial charge in [-0.1, -0.05) is 6.08 Å². The number of carbonyl (C=O) groups is 1. The first-order valence-corrected chi connectivity index (χ1v) is 5.37. The first kappa shape index (κ1) is 10.9. The van der Waals surface area contributed by atoms with Crippen LogP contribution in [0.2, 0.25) is 0 Å². The maximum atomic E-state index is 13.5. The fraction of sp³-hybridized carbons (Fsp3) is 0.308. The van der Waals surface area contributed by atoms with Crippen LogP contribution in [0.4, 0.5) is 4.39 Å². The van der Waals surface area contributed by atoms with Crippen LogP contribution in [0, 0.1) is 5.82 Å². The zero-order valence-corrected chi connectivity index (χ0v) is 8.86. The molecule has 16 heavy (non-hydrogen) atoms. The lowest BCUT2D eigenvalue weighted by Gasteiger charge is -2.18. The number of aldehydes is 1. The number of rotatable bonds is 3. The van der Waals surface area contributed by atoms with Gasteiger partial charge in [0.15, 0.2) is 11.6 Å². The molecule has 0 bridgehead atoms. The normalized spacial score (nSPS) is 19.4. The second-order valence-corrected chi connectivity index (χ2v) is 3.82. The third kappa shape index (κ3) is 2.48. The first-order valence-electron chi connectivity index (χ1n) is 5.37. The fourth-order valence-electron chi connectivity index (χ4n) is 1.73. The lowest BCUT2D eigenvalue weighted by atomic mass is 10.1. The fourth-order valence-corrected chi connectivity index (χ4v) is 1.73. The third-order valence-corrected chi connectivity index (χ3v) is 2.58. The largest absolute Gasteiger partial charge is 0.483 e. The van der Waals surface area contributed by atoms with Gasteiger partial charge in [-0.15, -0.1) is 0 Å². The Morgan fingerprint density at radius 2 is 2.31 bits per heavy atom. The Bertz CT molecular complexity index is 412. The molecule has 2 nitrogen and oxygen atoms in total. The molecular formula is C13H13FO2. The molecule has 1 aliphatic rings. The van der Waals surface area contributed by atoms with Crippen molar-refractivity contribution in [1.29, 1.82) is 0 Å². The first-order chi connectivity index (χ1) is 7.79. The van der Waals surface area contributed by atoms with Crippen LogP contribution in [-0.4, -0.2) is 12.4 Å². The summed E-state index contributed by atoms with van der Waals surface area (Å²) in [5.41, 5.74) is 0.323. The summed E-state index contributed by atoms with van der Waals surface area (Å²) >= 11 is 0. The minimum absolute atomic E-state index is 0.0506. The lowest BCUT2D eigenvalue weighted by molar-refractivity contribution is 0.112. The van der Waals surface area contributed by atoms with E-state index in [1.807, 2.05) is 12.2 Å². The lowest BCUT2D eigenvalue weighted by Crippen LogP contribution is -2.16. The molecule has 0 amide bonds. The average molecular weight is 220 g/mol. The molecule has 0 saturated carbocycles. The molecule has 84 valence electrons. The topological polar surface area (TPSA) is 26.3 Å². The molecule has 1 aliphatic carbocycles. The van der Waals surface area contributed by atoms with Gasteiger partial charge in [-0.2, -0.15) is 0 Å². The van der Waals surface area contributed by atoms with Crippen molar-refractivity contribution in [3.63, 3.8) is 0 Å². The summed E-state index contributed by atoms with van der Waals surface area (Å²) in [6, 6.07) is 4.24. The highest BCUT2D eigenvalue weighted by molar-refractivity contribution is 5.74. The van der Waals surface area contributed by atoms with E-state index in [4.69, 9.17) is 4.74 Å². The van der Waals surface area contributed by atoms with E-state index in [1.54, 1.807) is 6.07 Å². The van der Waals surface area contributed by atoms with Crippen molar-refractivity contribution in [3.8, 4) is 5.75 Å². The van der Waals surface area contributed by atoms with Gasteiger partial charge in [0, 0.05) is 5.56 Å². The Balaban J connectivity index is 2.11. The van der Waals surface area contributed by atoms with Gasteiger partial charge in [0.2, 0.25) is 0 Å². The molecule has 1 atom stereocenters. The van der Waals surface area contributed by atoms with E-state index in [0.29, 0.717) is 11.8 Å². The van der Waals surface area contributed by atoms with Crippen LogP contribution >= 0.6 is 0 Å². The van der Waals surface area contributed by atoms with E-state index in [-0.39, 0.29) is 11.9 Å². The zero-order valence-electron chi connectivity index (χ0n) is 8.86. The van der Waals surface area contributed by atoms with E-state index < -0.39 is 5.82 Å². The highest BCUT2D eigenvalue weighted by Gasteiger charge is 2.12. The van der Waals surface area contributed by atoms with Crippen molar-refractivity contribution >= 4 is 6.29 Å². The Labute approximate surface area is 93.7 Å². The van der Waals surface area contributed by atoms with Gasteiger partial charge in [-0.05, 0) is 43.5 Å². The molecule has 0 radical (unpaired) electrons. The summed E-state index contributed by atoms with van der Waals surface area (Å²) < 4.78 is 19.0. The van der Waals surface area contributed by atoms with Crippen LogP contribution in [0.25, 0.3) is 0 Å². The number of hydrogen-bond acceptors (Lipinski definition) is 2. The zero-order chi connectivity index (χ0) is 11.4. The van der Waals surface area contributed by atoms with E-state index in [9.17, 15) is 9.18 Å². The maximum absolute atomic E-state index is 13.5. The summed E-state index contributed by atoms with van der Waals surface area (Å²) in [5, 5.41) is 0. The predicted molar refractivity (Wildman–Crippen MR) is 59.2 cm³/mol. The summed E-state index contributed by atoms with van der Waals surface area (Å²) in [7, 11) is 0. The summed E-state index contributed by atoms with van der Waals surface area (Å²) in [5.74, 6) is -0.272. The summed E-state index contributed by atoms with van der Waals surface area (Å²) in [6.07, 6.45) is 7.60. The van der Waals surface area contributed by atoms with Crippen molar-refractivity contribution in [3.05, 3.63) is 41.7 Å². The van der Waals surface area contributed by atoms with Gasteiger partial charge in [-0.25, -0.2) is 4.39 Å². The molecule has 0 spiro atoms. The Morgan fingerprint density at radius 1 is 1.44 bits per heavy atom. The van der Waals surface area contributed by atoms with Gasteiger partial charge in [0.1, 0.15) is 12.4 Å². The number of hydrogen-bond donors (Lipinski definition) is 0. The summed E-state index contributed by atoms with van der Waals surface area (Å²) in [6.45, 7) is 0. The quantitative estimate of drug-likeness (QED) is 0.578. The van der Waals surface area contributed by atoms with Crippen LogP contribution in [0.3, 0.4) is 0 Å². The van der Waals surface area contributed by atoms with Gasteiger partial charge in [0.25, 0.3) is 0 Å². The minimum Gasteiger partial charge on any atom is -0.483 e. The Kier molecular flexibility index (Phi) is 3.34. The third-order valence-electron chi connectivity index (χ3n) is 2.58. The van der Waals surface area contributed by atoms with Crippen molar-refractivity contribution < 1.29 is 13.9 Å². The molecule has 2 rings (SSSR count). The molecule has 0 fully saturated rings. The number of allylic oxidation sites excluding steroid dienone is 1. The predicted octanol–water partition coefficient (Wildman–Crippen LogP) is 3.13. The molecular weight excluding hydrogens is 207 g/mol. The number of ether oxygens (including phenoxy) is 1. The van der Waals surface area contributed by atoms with Crippen LogP contribution in [-0.2, 0) is 0 Å². The monoisotopic (exact) mass is 220 g/mol. The molecule has 1 unspecified atom stereocenters. The number of carbonyl (C=O) groups excluding carboxylic acids is 1. The second-order valence-electron chi connectivity index (χ2n) is 3.82. The maximum Gasteiger partial charge on any atom is 0.165 e. The minimum atomic E-state index is -0.483. The Morgan fingerprint density at radius 3 is 2.94 bits per heavy atom. The highest BCUT2D eigenvalue weighted by atomic mass is 19.1. The SMILES string of the molecule is O=Cc1ccc(OC2C=CCCC2)c(F)c1. The smallest absolute Gasteiger partial charge is 0.165 e. The molecule has 0 N–H and O–H groups in total. The van der Waals surface area contributed by atoms with Gasteiger partial charge < -0.3 is 4.74 Å². The summed E-state index contributed by atoms with van der Waals surface area (Å²) in [4.78, 5) is 10.4.